The SMILES string of the molecule is CCC(C)(NC(=O)C1CSCN1)C(=O)O. The smallest absolute Gasteiger partial charge is 0.329 e. The van der Waals surface area contributed by atoms with Crippen LogP contribution >= 0.6 is 11.8 Å². The van der Waals surface area contributed by atoms with Crippen molar-refractivity contribution in [2.75, 3.05) is 11.6 Å². The lowest BCUT2D eigenvalue weighted by atomic mass is 9.99. The van der Waals surface area contributed by atoms with Gasteiger partial charge < -0.3 is 10.4 Å². The zero-order valence-electron chi connectivity index (χ0n) is 8.87. The topological polar surface area (TPSA) is 78.4 Å². The normalized spacial score (nSPS) is 24.5. The van der Waals surface area contributed by atoms with Gasteiger partial charge in [-0.2, -0.15) is 0 Å². The van der Waals surface area contributed by atoms with Gasteiger partial charge in [0, 0.05) is 11.6 Å². The van der Waals surface area contributed by atoms with Crippen LogP contribution < -0.4 is 10.6 Å². The van der Waals surface area contributed by atoms with Crippen LogP contribution in [-0.4, -0.2) is 40.2 Å². The number of carboxylic acid groups (broad SMARTS) is 1. The van der Waals surface area contributed by atoms with Gasteiger partial charge in [0.2, 0.25) is 5.91 Å². The molecule has 1 amide bonds. The second kappa shape index (κ2) is 4.85. The van der Waals surface area contributed by atoms with Crippen LogP contribution in [0.2, 0.25) is 0 Å². The first-order valence-corrected chi connectivity index (χ1v) is 6.01. The van der Waals surface area contributed by atoms with Crippen LogP contribution in [0.25, 0.3) is 0 Å². The molecule has 2 unspecified atom stereocenters. The number of carboxylic acids is 1. The molecule has 1 saturated heterocycles. The molecular formula is C9H16N2O3S. The molecule has 5 nitrogen and oxygen atoms in total. The Labute approximate surface area is 93.0 Å². The fraction of sp³-hybridized carbons (Fsp3) is 0.778. The molecule has 0 aromatic heterocycles. The summed E-state index contributed by atoms with van der Waals surface area (Å²) in [5.74, 6) is 0.218. The van der Waals surface area contributed by atoms with Crippen molar-refractivity contribution < 1.29 is 14.7 Å². The van der Waals surface area contributed by atoms with E-state index in [2.05, 4.69) is 10.6 Å². The summed E-state index contributed by atoms with van der Waals surface area (Å²) in [6.45, 7) is 3.26. The van der Waals surface area contributed by atoms with Gasteiger partial charge in [-0.3, -0.25) is 10.1 Å². The number of thioether (sulfide) groups is 1. The van der Waals surface area contributed by atoms with E-state index in [1.165, 1.54) is 6.92 Å². The maximum atomic E-state index is 11.7. The fourth-order valence-electron chi connectivity index (χ4n) is 1.22. The van der Waals surface area contributed by atoms with Gasteiger partial charge in [-0.25, -0.2) is 4.79 Å². The summed E-state index contributed by atoms with van der Waals surface area (Å²) in [7, 11) is 0. The molecular weight excluding hydrogens is 216 g/mol. The minimum absolute atomic E-state index is 0.230. The fourth-order valence-corrected chi connectivity index (χ4v) is 2.16. The Kier molecular flexibility index (Phi) is 3.98. The van der Waals surface area contributed by atoms with Crippen molar-refractivity contribution in [2.45, 2.75) is 31.8 Å². The van der Waals surface area contributed by atoms with E-state index in [-0.39, 0.29) is 11.9 Å². The van der Waals surface area contributed by atoms with Crippen LogP contribution in [0.1, 0.15) is 20.3 Å². The zero-order valence-corrected chi connectivity index (χ0v) is 9.69. The first kappa shape index (κ1) is 12.3. The maximum absolute atomic E-state index is 11.7. The Morgan fingerprint density at radius 2 is 2.33 bits per heavy atom. The van der Waals surface area contributed by atoms with Gasteiger partial charge in [0.15, 0.2) is 0 Å². The summed E-state index contributed by atoms with van der Waals surface area (Å²) >= 11 is 1.63. The molecule has 0 aliphatic carbocycles. The Balaban J connectivity index is 2.58. The molecule has 1 fully saturated rings. The van der Waals surface area contributed by atoms with Crippen molar-refractivity contribution in [1.29, 1.82) is 0 Å². The molecule has 0 saturated carbocycles. The third kappa shape index (κ3) is 2.85. The zero-order chi connectivity index (χ0) is 11.5. The molecule has 2 atom stereocenters. The number of hydrogen-bond donors (Lipinski definition) is 3. The number of hydrogen-bond acceptors (Lipinski definition) is 4. The molecule has 0 aromatic rings. The lowest BCUT2D eigenvalue weighted by Gasteiger charge is -2.26. The standard InChI is InChI=1S/C9H16N2O3S/c1-3-9(2,8(13)14)11-7(12)6-4-15-5-10-6/h6,10H,3-5H2,1-2H3,(H,11,12)(H,13,14). The summed E-state index contributed by atoms with van der Waals surface area (Å²) in [4.78, 5) is 22.6. The molecule has 0 aromatic carbocycles. The van der Waals surface area contributed by atoms with Crippen LogP contribution in [-0.2, 0) is 9.59 Å². The Morgan fingerprint density at radius 3 is 2.73 bits per heavy atom. The monoisotopic (exact) mass is 232 g/mol. The first-order valence-electron chi connectivity index (χ1n) is 4.86. The third-order valence-corrected chi connectivity index (χ3v) is 3.55. The van der Waals surface area contributed by atoms with E-state index in [4.69, 9.17) is 5.11 Å². The molecule has 1 aliphatic rings. The number of amides is 1. The molecule has 86 valence electrons. The summed E-state index contributed by atoms with van der Waals surface area (Å²) in [6, 6.07) is -0.264. The summed E-state index contributed by atoms with van der Waals surface area (Å²) in [5.41, 5.74) is -1.16. The first-order chi connectivity index (χ1) is 6.99. The van der Waals surface area contributed by atoms with Crippen LogP contribution in [0.5, 0.6) is 0 Å². The number of carbonyl (C=O) groups is 2. The van der Waals surface area contributed by atoms with Crippen molar-refractivity contribution in [3.05, 3.63) is 0 Å². The molecule has 1 heterocycles. The molecule has 6 heteroatoms. The predicted octanol–water partition coefficient (Wildman–Crippen LogP) is 0.0184. The van der Waals surface area contributed by atoms with Gasteiger partial charge >= 0.3 is 5.97 Å². The Morgan fingerprint density at radius 1 is 1.67 bits per heavy atom. The molecule has 0 radical (unpaired) electrons. The van der Waals surface area contributed by atoms with Crippen molar-refractivity contribution in [3.8, 4) is 0 Å². The van der Waals surface area contributed by atoms with Gasteiger partial charge in [0.25, 0.3) is 0 Å². The van der Waals surface area contributed by atoms with E-state index in [0.717, 1.165) is 5.88 Å². The number of carbonyl (C=O) groups excluding carboxylic acids is 1. The van der Waals surface area contributed by atoms with Crippen molar-refractivity contribution >= 4 is 23.6 Å². The summed E-state index contributed by atoms with van der Waals surface area (Å²) < 4.78 is 0. The highest BCUT2D eigenvalue weighted by atomic mass is 32.2. The van der Waals surface area contributed by atoms with E-state index < -0.39 is 11.5 Å². The van der Waals surface area contributed by atoms with Crippen molar-refractivity contribution in [2.24, 2.45) is 0 Å². The third-order valence-electron chi connectivity index (χ3n) is 2.61. The second-order valence-corrected chi connectivity index (χ2v) is 4.78. The Hall–Kier alpha value is -0.750. The summed E-state index contributed by atoms with van der Waals surface area (Å²) in [5, 5.41) is 14.6. The van der Waals surface area contributed by atoms with E-state index >= 15 is 0 Å². The van der Waals surface area contributed by atoms with Crippen LogP contribution in [0.4, 0.5) is 0 Å². The lowest BCUT2D eigenvalue weighted by molar-refractivity contribution is -0.147. The minimum atomic E-state index is -1.16. The van der Waals surface area contributed by atoms with E-state index in [9.17, 15) is 9.59 Å². The van der Waals surface area contributed by atoms with Gasteiger partial charge in [0.05, 0.1) is 6.04 Å². The second-order valence-electron chi connectivity index (χ2n) is 3.75. The van der Waals surface area contributed by atoms with E-state index in [0.29, 0.717) is 12.2 Å². The average molecular weight is 232 g/mol. The molecule has 1 aliphatic heterocycles. The summed E-state index contributed by atoms with van der Waals surface area (Å²) in [6.07, 6.45) is 0.369. The lowest BCUT2D eigenvalue weighted by Crippen LogP contribution is -2.56. The predicted molar refractivity (Wildman–Crippen MR) is 58.7 cm³/mol. The van der Waals surface area contributed by atoms with Gasteiger partial charge in [-0.05, 0) is 13.3 Å². The van der Waals surface area contributed by atoms with Gasteiger partial charge in [-0.1, -0.05) is 6.92 Å². The largest absolute Gasteiger partial charge is 0.480 e. The highest BCUT2D eigenvalue weighted by Gasteiger charge is 2.35. The highest BCUT2D eigenvalue weighted by Crippen LogP contribution is 2.13. The van der Waals surface area contributed by atoms with Crippen molar-refractivity contribution in [1.82, 2.24) is 10.6 Å². The Bertz CT molecular complexity index is 266. The molecule has 0 spiro atoms. The molecule has 3 N–H and O–H groups in total. The van der Waals surface area contributed by atoms with Gasteiger partial charge in [-0.15, -0.1) is 11.8 Å². The maximum Gasteiger partial charge on any atom is 0.329 e. The quantitative estimate of drug-likeness (QED) is 0.637. The number of nitrogens with one attached hydrogen (secondary N) is 2. The van der Waals surface area contributed by atoms with Crippen molar-refractivity contribution in [3.63, 3.8) is 0 Å². The number of aliphatic carboxylic acids is 1. The van der Waals surface area contributed by atoms with Crippen LogP contribution in [0.15, 0.2) is 0 Å². The average Bonchev–Trinajstić information content (AvgIpc) is 2.70. The molecule has 1 rings (SSSR count). The van der Waals surface area contributed by atoms with Gasteiger partial charge in [0.1, 0.15) is 5.54 Å². The minimum Gasteiger partial charge on any atom is -0.480 e. The molecule has 15 heavy (non-hydrogen) atoms. The van der Waals surface area contributed by atoms with Crippen LogP contribution in [0.3, 0.4) is 0 Å². The van der Waals surface area contributed by atoms with E-state index in [1.807, 2.05) is 0 Å². The van der Waals surface area contributed by atoms with E-state index in [1.54, 1.807) is 18.7 Å². The highest BCUT2D eigenvalue weighted by molar-refractivity contribution is 7.99. The number of rotatable bonds is 4. The van der Waals surface area contributed by atoms with Crippen LogP contribution in [0, 0.1) is 0 Å². The molecule has 0 bridgehead atoms.